The Morgan fingerprint density at radius 3 is 2.53 bits per heavy atom. The van der Waals surface area contributed by atoms with Gasteiger partial charge in [-0.05, 0) is 5.92 Å². The molecule has 1 aliphatic heterocycles. The van der Waals surface area contributed by atoms with E-state index in [-0.39, 0.29) is 24.6 Å². The van der Waals surface area contributed by atoms with Crippen LogP contribution in [-0.2, 0) is 4.74 Å². The predicted octanol–water partition coefficient (Wildman–Crippen LogP) is 0.0451. The minimum absolute atomic E-state index is 0.0201. The van der Waals surface area contributed by atoms with Crippen molar-refractivity contribution in [1.29, 1.82) is 0 Å². The molecule has 1 saturated heterocycles. The van der Waals surface area contributed by atoms with Crippen molar-refractivity contribution >= 4 is 6.03 Å². The fraction of sp³-hybridized carbons (Fsp3) is 0.900. The molecule has 1 fully saturated rings. The summed E-state index contributed by atoms with van der Waals surface area (Å²) in [6.45, 7) is 6.37. The molecule has 0 aromatic rings. The van der Waals surface area contributed by atoms with Crippen molar-refractivity contribution < 1.29 is 14.6 Å². The molecule has 0 radical (unpaired) electrons. The molecule has 15 heavy (non-hydrogen) atoms. The van der Waals surface area contributed by atoms with E-state index >= 15 is 0 Å². The highest BCUT2D eigenvalue weighted by molar-refractivity contribution is 5.74. The molecule has 0 aromatic heterocycles. The van der Waals surface area contributed by atoms with Gasteiger partial charge in [-0.3, -0.25) is 0 Å². The van der Waals surface area contributed by atoms with Gasteiger partial charge in [0.15, 0.2) is 0 Å². The molecule has 0 unspecified atom stereocenters. The maximum Gasteiger partial charge on any atom is 0.317 e. The van der Waals surface area contributed by atoms with Gasteiger partial charge in [-0.1, -0.05) is 13.8 Å². The van der Waals surface area contributed by atoms with Gasteiger partial charge < -0.3 is 20.1 Å². The molecule has 5 heteroatoms. The van der Waals surface area contributed by atoms with Crippen molar-refractivity contribution in [2.24, 2.45) is 5.92 Å². The van der Waals surface area contributed by atoms with Gasteiger partial charge in [0.1, 0.15) is 0 Å². The van der Waals surface area contributed by atoms with Gasteiger partial charge in [-0.25, -0.2) is 4.79 Å². The standard InChI is InChI=1S/C10H20N2O3/c1-8(2)9(7-13)11-10(14)12-3-5-15-6-4-12/h8-9,13H,3-7H2,1-2H3,(H,11,14)/t9-/m1/s1. The molecular weight excluding hydrogens is 196 g/mol. The number of carbonyl (C=O) groups excluding carboxylic acids is 1. The van der Waals surface area contributed by atoms with Crippen LogP contribution in [0.3, 0.4) is 0 Å². The summed E-state index contributed by atoms with van der Waals surface area (Å²) in [5.74, 6) is 0.236. The molecule has 0 spiro atoms. The van der Waals surface area contributed by atoms with Crippen LogP contribution >= 0.6 is 0 Å². The second-order valence-electron chi connectivity index (χ2n) is 4.08. The van der Waals surface area contributed by atoms with E-state index in [1.807, 2.05) is 13.8 Å². The number of hydrogen-bond acceptors (Lipinski definition) is 3. The van der Waals surface area contributed by atoms with E-state index < -0.39 is 0 Å². The van der Waals surface area contributed by atoms with Crippen molar-refractivity contribution in [2.45, 2.75) is 19.9 Å². The average Bonchev–Trinajstić information content (AvgIpc) is 2.26. The van der Waals surface area contributed by atoms with Gasteiger partial charge in [0.05, 0.1) is 25.9 Å². The van der Waals surface area contributed by atoms with Gasteiger partial charge in [0, 0.05) is 13.1 Å². The molecule has 1 aliphatic rings. The summed E-state index contributed by atoms with van der Waals surface area (Å²) >= 11 is 0. The van der Waals surface area contributed by atoms with Gasteiger partial charge in [-0.15, -0.1) is 0 Å². The van der Waals surface area contributed by atoms with Gasteiger partial charge in [0.2, 0.25) is 0 Å². The molecule has 0 aromatic carbocycles. The highest BCUT2D eigenvalue weighted by Gasteiger charge is 2.21. The number of urea groups is 1. The fourth-order valence-electron chi connectivity index (χ4n) is 1.44. The summed E-state index contributed by atoms with van der Waals surface area (Å²) < 4.78 is 5.16. The Morgan fingerprint density at radius 2 is 2.07 bits per heavy atom. The number of aliphatic hydroxyl groups is 1. The summed E-state index contributed by atoms with van der Waals surface area (Å²) in [6.07, 6.45) is 0. The Labute approximate surface area is 90.4 Å². The zero-order valence-corrected chi connectivity index (χ0v) is 9.40. The summed E-state index contributed by atoms with van der Waals surface area (Å²) in [4.78, 5) is 13.4. The van der Waals surface area contributed by atoms with Crippen LogP contribution in [0.25, 0.3) is 0 Å². The highest BCUT2D eigenvalue weighted by atomic mass is 16.5. The number of carbonyl (C=O) groups is 1. The third kappa shape index (κ3) is 3.68. The summed E-state index contributed by atoms with van der Waals surface area (Å²) in [5.41, 5.74) is 0. The number of rotatable bonds is 3. The largest absolute Gasteiger partial charge is 0.394 e. The minimum atomic E-state index is -0.166. The third-order valence-corrected chi connectivity index (χ3v) is 2.61. The number of ether oxygens (including phenoxy) is 1. The minimum Gasteiger partial charge on any atom is -0.394 e. The van der Waals surface area contributed by atoms with Gasteiger partial charge in [0.25, 0.3) is 0 Å². The zero-order chi connectivity index (χ0) is 11.3. The van der Waals surface area contributed by atoms with Crippen LogP contribution in [0.15, 0.2) is 0 Å². The zero-order valence-electron chi connectivity index (χ0n) is 9.40. The molecule has 5 nitrogen and oxygen atoms in total. The second-order valence-corrected chi connectivity index (χ2v) is 4.08. The number of hydrogen-bond donors (Lipinski definition) is 2. The van der Waals surface area contributed by atoms with Crippen LogP contribution in [0.2, 0.25) is 0 Å². The van der Waals surface area contributed by atoms with Crippen LogP contribution in [-0.4, -0.2) is 55.0 Å². The Morgan fingerprint density at radius 1 is 1.47 bits per heavy atom. The van der Waals surface area contributed by atoms with E-state index in [0.29, 0.717) is 26.3 Å². The smallest absolute Gasteiger partial charge is 0.317 e. The first-order valence-electron chi connectivity index (χ1n) is 5.39. The van der Waals surface area contributed by atoms with Crippen LogP contribution in [0.5, 0.6) is 0 Å². The number of nitrogens with one attached hydrogen (secondary N) is 1. The lowest BCUT2D eigenvalue weighted by molar-refractivity contribution is 0.0511. The highest BCUT2D eigenvalue weighted by Crippen LogP contribution is 2.03. The molecule has 1 atom stereocenters. The van der Waals surface area contributed by atoms with Crippen molar-refractivity contribution in [3.05, 3.63) is 0 Å². The first-order valence-corrected chi connectivity index (χ1v) is 5.39. The van der Waals surface area contributed by atoms with E-state index in [2.05, 4.69) is 5.32 Å². The molecule has 2 N–H and O–H groups in total. The summed E-state index contributed by atoms with van der Waals surface area (Å²) in [7, 11) is 0. The predicted molar refractivity (Wildman–Crippen MR) is 56.6 cm³/mol. The fourth-order valence-corrected chi connectivity index (χ4v) is 1.44. The van der Waals surface area contributed by atoms with Crippen LogP contribution in [0, 0.1) is 5.92 Å². The maximum absolute atomic E-state index is 11.7. The topological polar surface area (TPSA) is 61.8 Å². The number of aliphatic hydroxyl groups excluding tert-OH is 1. The van der Waals surface area contributed by atoms with Crippen molar-refractivity contribution in [3.63, 3.8) is 0 Å². The average molecular weight is 216 g/mol. The lowest BCUT2D eigenvalue weighted by Crippen LogP contribution is -2.51. The van der Waals surface area contributed by atoms with Gasteiger partial charge >= 0.3 is 6.03 Å². The molecule has 88 valence electrons. The lowest BCUT2D eigenvalue weighted by atomic mass is 10.1. The normalized spacial score (nSPS) is 19.1. The van der Waals surface area contributed by atoms with Crippen molar-refractivity contribution in [2.75, 3.05) is 32.9 Å². The first kappa shape index (κ1) is 12.3. The number of amides is 2. The third-order valence-electron chi connectivity index (χ3n) is 2.61. The van der Waals surface area contributed by atoms with E-state index in [1.165, 1.54) is 0 Å². The molecule has 0 aliphatic carbocycles. The van der Waals surface area contributed by atoms with Gasteiger partial charge in [-0.2, -0.15) is 0 Å². The Bertz CT molecular complexity index is 203. The quantitative estimate of drug-likeness (QED) is 0.700. The SMILES string of the molecule is CC(C)[C@@H](CO)NC(=O)N1CCOCC1. The van der Waals surface area contributed by atoms with Crippen LogP contribution in [0.4, 0.5) is 4.79 Å². The number of nitrogens with zero attached hydrogens (tertiary/aromatic N) is 1. The Balaban J connectivity index is 2.38. The molecule has 0 bridgehead atoms. The van der Waals surface area contributed by atoms with Crippen LogP contribution < -0.4 is 5.32 Å². The second kappa shape index (κ2) is 5.92. The van der Waals surface area contributed by atoms with Crippen molar-refractivity contribution in [1.82, 2.24) is 10.2 Å². The van der Waals surface area contributed by atoms with E-state index in [4.69, 9.17) is 9.84 Å². The Hall–Kier alpha value is -0.810. The maximum atomic E-state index is 11.7. The molecule has 2 amide bonds. The van der Waals surface area contributed by atoms with Crippen molar-refractivity contribution in [3.8, 4) is 0 Å². The molecule has 0 saturated carbocycles. The summed E-state index contributed by atoms with van der Waals surface area (Å²) in [6, 6.07) is -0.272. The van der Waals surface area contributed by atoms with E-state index in [9.17, 15) is 4.79 Å². The lowest BCUT2D eigenvalue weighted by Gasteiger charge is -2.29. The monoisotopic (exact) mass is 216 g/mol. The summed E-state index contributed by atoms with van der Waals surface area (Å²) in [5, 5.41) is 11.9. The number of morpholine rings is 1. The first-order chi connectivity index (χ1) is 7.15. The molecular formula is C10H20N2O3. The molecule has 1 heterocycles. The Kier molecular flexibility index (Phi) is 4.84. The molecule has 1 rings (SSSR count). The van der Waals surface area contributed by atoms with Crippen LogP contribution in [0.1, 0.15) is 13.8 Å². The van der Waals surface area contributed by atoms with E-state index in [0.717, 1.165) is 0 Å². The van der Waals surface area contributed by atoms with E-state index in [1.54, 1.807) is 4.90 Å².